The zero-order chi connectivity index (χ0) is 13.2. The zero-order valence-electron chi connectivity index (χ0n) is 10.2. The van der Waals surface area contributed by atoms with Crippen molar-refractivity contribution in [2.24, 2.45) is 0 Å². The maximum Gasteiger partial charge on any atom is 0.254 e. The Morgan fingerprint density at radius 1 is 1.26 bits per heavy atom. The number of amides is 1. The summed E-state index contributed by atoms with van der Waals surface area (Å²) in [6, 6.07) is 7.20. The topological polar surface area (TPSA) is 46.1 Å². The number of aromatic nitrogens is 2. The maximum absolute atomic E-state index is 12.4. The number of nitrogens with zero attached hydrogens (tertiary/aromatic N) is 3. The van der Waals surface area contributed by atoms with Crippen LogP contribution in [0.2, 0.25) is 5.15 Å². The van der Waals surface area contributed by atoms with E-state index in [4.69, 9.17) is 11.6 Å². The monoisotopic (exact) mass is 273 g/mol. The molecule has 0 spiro atoms. The van der Waals surface area contributed by atoms with E-state index in [9.17, 15) is 4.79 Å². The first-order chi connectivity index (χ1) is 9.24. The van der Waals surface area contributed by atoms with E-state index in [1.165, 1.54) is 0 Å². The van der Waals surface area contributed by atoms with Crippen molar-refractivity contribution in [2.45, 2.75) is 13.0 Å². The Morgan fingerprint density at radius 2 is 2.16 bits per heavy atom. The van der Waals surface area contributed by atoms with Crippen LogP contribution in [0.3, 0.4) is 0 Å². The molecule has 1 amide bonds. The van der Waals surface area contributed by atoms with Crippen LogP contribution >= 0.6 is 11.6 Å². The minimum atomic E-state index is -0.0150. The van der Waals surface area contributed by atoms with Crippen LogP contribution in [0.5, 0.6) is 0 Å². The van der Waals surface area contributed by atoms with Gasteiger partial charge in [0, 0.05) is 43.2 Å². The zero-order valence-corrected chi connectivity index (χ0v) is 11.0. The lowest BCUT2D eigenvalue weighted by atomic mass is 10.0. The SMILES string of the molecule is O=C(c1ccnc(Cl)c1)N1CCc2ncccc2C1. The molecule has 3 rings (SSSR count). The van der Waals surface area contributed by atoms with E-state index in [-0.39, 0.29) is 5.91 Å². The van der Waals surface area contributed by atoms with Crippen LogP contribution in [0.4, 0.5) is 0 Å². The Balaban J connectivity index is 1.83. The van der Waals surface area contributed by atoms with E-state index in [0.717, 1.165) is 17.7 Å². The summed E-state index contributed by atoms with van der Waals surface area (Å²) in [5.74, 6) is -0.0150. The molecule has 96 valence electrons. The molecule has 0 aliphatic carbocycles. The second-order valence-electron chi connectivity index (χ2n) is 4.45. The van der Waals surface area contributed by atoms with Gasteiger partial charge in [0.2, 0.25) is 0 Å². The fraction of sp³-hybridized carbons (Fsp3) is 0.214. The molecule has 4 nitrogen and oxygen atoms in total. The number of halogens is 1. The molecule has 5 heteroatoms. The molecule has 0 bridgehead atoms. The molecule has 19 heavy (non-hydrogen) atoms. The fourth-order valence-electron chi connectivity index (χ4n) is 2.26. The standard InChI is InChI=1S/C14H12ClN3O/c15-13-8-10(3-6-17-13)14(19)18-7-4-12-11(9-18)2-1-5-16-12/h1-3,5-6,8H,4,7,9H2. The van der Waals surface area contributed by atoms with Crippen molar-refractivity contribution < 1.29 is 4.79 Å². The molecule has 1 aliphatic rings. The maximum atomic E-state index is 12.4. The summed E-state index contributed by atoms with van der Waals surface area (Å²) in [5, 5.41) is 0.338. The van der Waals surface area contributed by atoms with E-state index in [0.29, 0.717) is 23.8 Å². The molecule has 0 unspecified atom stereocenters. The van der Waals surface area contributed by atoms with Crippen LogP contribution in [0.25, 0.3) is 0 Å². The first-order valence-electron chi connectivity index (χ1n) is 6.07. The summed E-state index contributed by atoms with van der Waals surface area (Å²) >= 11 is 5.82. The lowest BCUT2D eigenvalue weighted by Gasteiger charge is -2.28. The van der Waals surface area contributed by atoms with Crippen LogP contribution in [-0.4, -0.2) is 27.3 Å². The minimum Gasteiger partial charge on any atom is -0.334 e. The molecule has 0 aromatic carbocycles. The Bertz CT molecular complexity index is 630. The highest BCUT2D eigenvalue weighted by Gasteiger charge is 2.22. The molecule has 3 heterocycles. The van der Waals surface area contributed by atoms with Gasteiger partial charge in [-0.05, 0) is 23.8 Å². The third-order valence-corrected chi connectivity index (χ3v) is 3.43. The Morgan fingerprint density at radius 3 is 3.00 bits per heavy atom. The normalized spacial score (nSPS) is 14.1. The van der Waals surface area contributed by atoms with Crippen molar-refractivity contribution in [3.63, 3.8) is 0 Å². The van der Waals surface area contributed by atoms with Crippen molar-refractivity contribution in [1.29, 1.82) is 0 Å². The number of hydrogen-bond donors (Lipinski definition) is 0. The molecule has 0 atom stereocenters. The quantitative estimate of drug-likeness (QED) is 0.749. The summed E-state index contributed by atoms with van der Waals surface area (Å²) < 4.78 is 0. The molecule has 1 aliphatic heterocycles. The van der Waals surface area contributed by atoms with Crippen molar-refractivity contribution in [3.05, 3.63) is 58.6 Å². The highest BCUT2D eigenvalue weighted by molar-refractivity contribution is 6.29. The summed E-state index contributed by atoms with van der Waals surface area (Å²) in [6.45, 7) is 1.28. The summed E-state index contributed by atoms with van der Waals surface area (Å²) in [6.07, 6.45) is 4.13. The van der Waals surface area contributed by atoms with E-state index < -0.39 is 0 Å². The van der Waals surface area contributed by atoms with Gasteiger partial charge in [-0.2, -0.15) is 0 Å². The average molecular weight is 274 g/mol. The number of fused-ring (bicyclic) bond motifs is 1. The Labute approximate surface area is 116 Å². The van der Waals surface area contributed by atoms with E-state index in [1.54, 1.807) is 24.5 Å². The van der Waals surface area contributed by atoms with Crippen LogP contribution in [-0.2, 0) is 13.0 Å². The summed E-state index contributed by atoms with van der Waals surface area (Å²) in [7, 11) is 0. The van der Waals surface area contributed by atoms with Crippen LogP contribution < -0.4 is 0 Å². The Kier molecular flexibility index (Phi) is 3.17. The van der Waals surface area contributed by atoms with Crippen molar-refractivity contribution in [2.75, 3.05) is 6.54 Å². The van der Waals surface area contributed by atoms with Crippen LogP contribution in [0.1, 0.15) is 21.6 Å². The van der Waals surface area contributed by atoms with Gasteiger partial charge in [0.05, 0.1) is 0 Å². The molecule has 0 N–H and O–H groups in total. The third-order valence-electron chi connectivity index (χ3n) is 3.22. The number of rotatable bonds is 1. The number of carbonyl (C=O) groups excluding carboxylic acids is 1. The second-order valence-corrected chi connectivity index (χ2v) is 4.84. The Hall–Kier alpha value is -1.94. The van der Waals surface area contributed by atoms with Crippen LogP contribution in [0.15, 0.2) is 36.7 Å². The van der Waals surface area contributed by atoms with Gasteiger partial charge in [-0.25, -0.2) is 4.98 Å². The van der Waals surface area contributed by atoms with Gasteiger partial charge in [-0.1, -0.05) is 17.7 Å². The van der Waals surface area contributed by atoms with Gasteiger partial charge in [-0.3, -0.25) is 9.78 Å². The smallest absolute Gasteiger partial charge is 0.254 e. The van der Waals surface area contributed by atoms with Crippen molar-refractivity contribution >= 4 is 17.5 Å². The van der Waals surface area contributed by atoms with E-state index in [2.05, 4.69) is 9.97 Å². The van der Waals surface area contributed by atoms with Gasteiger partial charge in [0.1, 0.15) is 5.15 Å². The molecule has 2 aromatic rings. The second kappa shape index (κ2) is 4.97. The molecule has 0 saturated carbocycles. The first-order valence-corrected chi connectivity index (χ1v) is 6.45. The summed E-state index contributed by atoms with van der Waals surface area (Å²) in [4.78, 5) is 22.4. The van der Waals surface area contributed by atoms with E-state index >= 15 is 0 Å². The van der Waals surface area contributed by atoms with Crippen LogP contribution in [0, 0.1) is 0 Å². The third kappa shape index (κ3) is 2.44. The fourth-order valence-corrected chi connectivity index (χ4v) is 2.43. The van der Waals surface area contributed by atoms with Gasteiger partial charge in [0.25, 0.3) is 5.91 Å². The highest BCUT2D eigenvalue weighted by Crippen LogP contribution is 2.19. The molecule has 0 fully saturated rings. The van der Waals surface area contributed by atoms with Crippen molar-refractivity contribution in [1.82, 2.24) is 14.9 Å². The van der Waals surface area contributed by atoms with E-state index in [1.807, 2.05) is 17.0 Å². The molecular formula is C14H12ClN3O. The van der Waals surface area contributed by atoms with Gasteiger partial charge in [0.15, 0.2) is 0 Å². The molecular weight excluding hydrogens is 262 g/mol. The van der Waals surface area contributed by atoms with Gasteiger partial charge >= 0.3 is 0 Å². The number of hydrogen-bond acceptors (Lipinski definition) is 3. The lowest BCUT2D eigenvalue weighted by Crippen LogP contribution is -2.36. The molecule has 0 radical (unpaired) electrons. The largest absolute Gasteiger partial charge is 0.334 e. The van der Waals surface area contributed by atoms with Crippen molar-refractivity contribution in [3.8, 4) is 0 Å². The summed E-state index contributed by atoms with van der Waals surface area (Å²) in [5.41, 5.74) is 2.77. The lowest BCUT2D eigenvalue weighted by molar-refractivity contribution is 0.0733. The number of carbonyl (C=O) groups is 1. The molecule has 2 aromatic heterocycles. The van der Waals surface area contributed by atoms with Gasteiger partial charge < -0.3 is 4.90 Å². The molecule has 0 saturated heterocycles. The van der Waals surface area contributed by atoms with Gasteiger partial charge in [-0.15, -0.1) is 0 Å². The average Bonchev–Trinajstić information content (AvgIpc) is 2.46. The minimum absolute atomic E-state index is 0.0150. The number of pyridine rings is 2. The predicted octanol–water partition coefficient (Wildman–Crippen LogP) is 2.33. The predicted molar refractivity (Wildman–Crippen MR) is 71.9 cm³/mol. The first kappa shape index (κ1) is 12.1. The highest BCUT2D eigenvalue weighted by atomic mass is 35.5.